The van der Waals surface area contributed by atoms with E-state index in [9.17, 15) is 14.4 Å². The first-order valence-electron chi connectivity index (χ1n) is 8.35. The van der Waals surface area contributed by atoms with Gasteiger partial charge >= 0.3 is 5.97 Å². The minimum Gasteiger partial charge on any atom is -0.465 e. The lowest BCUT2D eigenvalue weighted by Crippen LogP contribution is -2.50. The molecular weight excluding hydrogens is 352 g/mol. The summed E-state index contributed by atoms with van der Waals surface area (Å²) < 4.78 is 4.98. The van der Waals surface area contributed by atoms with Crippen molar-refractivity contribution in [3.63, 3.8) is 0 Å². The first kappa shape index (κ1) is 18.1. The summed E-state index contributed by atoms with van der Waals surface area (Å²) in [4.78, 5) is 41.0. The molecular formula is C19H20N2O4S. The molecule has 0 bridgehead atoms. The topological polar surface area (TPSA) is 66.9 Å². The summed E-state index contributed by atoms with van der Waals surface area (Å²) in [6, 6.07) is 7.28. The average molecular weight is 372 g/mol. The summed E-state index contributed by atoms with van der Waals surface area (Å²) in [5.74, 6) is -0.990. The predicted octanol–water partition coefficient (Wildman–Crippen LogP) is 2.92. The van der Waals surface area contributed by atoms with Gasteiger partial charge in [-0.1, -0.05) is 6.07 Å². The number of nitrogens with zero attached hydrogens (tertiary/aromatic N) is 2. The van der Waals surface area contributed by atoms with E-state index in [2.05, 4.69) is 0 Å². The molecule has 7 heteroatoms. The molecule has 1 aromatic heterocycles. The van der Waals surface area contributed by atoms with Crippen molar-refractivity contribution in [2.75, 3.05) is 29.5 Å². The molecule has 0 saturated carbocycles. The van der Waals surface area contributed by atoms with Gasteiger partial charge in [-0.15, -0.1) is 11.3 Å². The van der Waals surface area contributed by atoms with E-state index >= 15 is 0 Å². The van der Waals surface area contributed by atoms with Gasteiger partial charge in [0.2, 0.25) is 5.91 Å². The number of carbonyl (C=O) groups excluding carboxylic acids is 3. The second-order valence-electron chi connectivity index (χ2n) is 6.08. The number of esters is 1. The van der Waals surface area contributed by atoms with Crippen molar-refractivity contribution in [2.24, 2.45) is 0 Å². The molecule has 2 heterocycles. The molecule has 1 aromatic carbocycles. The zero-order valence-corrected chi connectivity index (χ0v) is 15.8. The molecule has 0 aliphatic carbocycles. The largest absolute Gasteiger partial charge is 0.465 e. The molecule has 2 aromatic rings. The van der Waals surface area contributed by atoms with E-state index < -0.39 is 5.97 Å². The Bertz CT molecular complexity index is 861. The molecule has 0 atom stereocenters. The van der Waals surface area contributed by atoms with Crippen LogP contribution in [0.2, 0.25) is 0 Å². The second-order valence-corrected chi connectivity index (χ2v) is 7.03. The number of benzene rings is 1. The van der Waals surface area contributed by atoms with Gasteiger partial charge in [0.15, 0.2) is 0 Å². The monoisotopic (exact) mass is 372 g/mol. The summed E-state index contributed by atoms with van der Waals surface area (Å²) in [5.41, 5.74) is 3.19. The molecule has 0 radical (unpaired) electrons. The molecule has 0 unspecified atom stereocenters. The quantitative estimate of drug-likeness (QED) is 0.774. The minimum atomic E-state index is -0.469. The van der Waals surface area contributed by atoms with E-state index in [0.29, 0.717) is 16.3 Å². The molecule has 0 fully saturated rings. The van der Waals surface area contributed by atoms with E-state index in [1.54, 1.807) is 19.1 Å². The van der Waals surface area contributed by atoms with Crippen molar-refractivity contribution in [1.29, 1.82) is 0 Å². The lowest BCUT2D eigenvalue weighted by molar-refractivity contribution is -0.142. The normalized spacial score (nSPS) is 13.6. The standard InChI is InChI=1S/C19H20N2O4S/c1-4-25-18(23)11-20-14-8-12(2)13(3)9-15(14)21(10-17(20)22)19(24)16-6-5-7-26-16/h5-9H,4,10-11H2,1-3H3. The maximum Gasteiger partial charge on any atom is 0.326 e. The van der Waals surface area contributed by atoms with Crippen LogP contribution < -0.4 is 9.80 Å². The van der Waals surface area contributed by atoms with Crippen molar-refractivity contribution in [3.05, 3.63) is 45.6 Å². The SMILES string of the molecule is CCOC(=O)CN1C(=O)CN(C(=O)c2cccs2)c2cc(C)c(C)cc21. The van der Waals surface area contributed by atoms with Gasteiger partial charge < -0.3 is 4.74 Å². The Hall–Kier alpha value is -2.67. The van der Waals surface area contributed by atoms with Crippen molar-refractivity contribution < 1.29 is 19.1 Å². The molecule has 6 nitrogen and oxygen atoms in total. The van der Waals surface area contributed by atoms with E-state index in [1.807, 2.05) is 31.4 Å². The number of hydrogen-bond acceptors (Lipinski definition) is 5. The fourth-order valence-corrected chi connectivity index (χ4v) is 3.55. The van der Waals surface area contributed by atoms with Crippen LogP contribution in [0.25, 0.3) is 0 Å². The van der Waals surface area contributed by atoms with Gasteiger partial charge in [0.05, 0.1) is 22.9 Å². The fraction of sp³-hybridized carbons (Fsp3) is 0.316. The fourth-order valence-electron chi connectivity index (χ4n) is 2.88. The van der Waals surface area contributed by atoms with Gasteiger partial charge in [0.25, 0.3) is 5.91 Å². The van der Waals surface area contributed by atoms with Crippen LogP contribution in [0.3, 0.4) is 0 Å². The van der Waals surface area contributed by atoms with Crippen LogP contribution in [-0.4, -0.2) is 37.5 Å². The Morgan fingerprint density at radius 1 is 1.19 bits per heavy atom. The van der Waals surface area contributed by atoms with Crippen LogP contribution in [-0.2, 0) is 14.3 Å². The maximum atomic E-state index is 12.9. The van der Waals surface area contributed by atoms with Crippen LogP contribution in [0.4, 0.5) is 11.4 Å². The van der Waals surface area contributed by atoms with Gasteiger partial charge in [0, 0.05) is 0 Å². The van der Waals surface area contributed by atoms with Crippen LogP contribution in [0, 0.1) is 13.8 Å². The number of ether oxygens (including phenoxy) is 1. The first-order chi connectivity index (χ1) is 12.4. The zero-order chi connectivity index (χ0) is 18.8. The highest BCUT2D eigenvalue weighted by Gasteiger charge is 2.35. The number of fused-ring (bicyclic) bond motifs is 1. The third-order valence-electron chi connectivity index (χ3n) is 4.34. The second kappa shape index (κ2) is 7.29. The molecule has 136 valence electrons. The predicted molar refractivity (Wildman–Crippen MR) is 101 cm³/mol. The number of anilines is 2. The summed E-state index contributed by atoms with van der Waals surface area (Å²) in [7, 11) is 0. The van der Waals surface area contributed by atoms with E-state index in [-0.39, 0.29) is 31.5 Å². The number of hydrogen-bond donors (Lipinski definition) is 0. The van der Waals surface area contributed by atoms with Crippen molar-refractivity contribution in [3.8, 4) is 0 Å². The number of thiophene rings is 1. The third-order valence-corrected chi connectivity index (χ3v) is 5.19. The number of carbonyl (C=O) groups is 3. The smallest absolute Gasteiger partial charge is 0.326 e. The molecule has 1 aliphatic heterocycles. The number of amides is 2. The molecule has 0 N–H and O–H groups in total. The minimum absolute atomic E-state index is 0.106. The highest BCUT2D eigenvalue weighted by Crippen LogP contribution is 2.37. The summed E-state index contributed by atoms with van der Waals surface area (Å²) in [6.45, 7) is 5.59. The van der Waals surface area contributed by atoms with Gasteiger partial charge in [-0.25, -0.2) is 0 Å². The lowest BCUT2D eigenvalue weighted by Gasteiger charge is -2.36. The van der Waals surface area contributed by atoms with Crippen LogP contribution >= 0.6 is 11.3 Å². The maximum absolute atomic E-state index is 12.9. The Kier molecular flexibility index (Phi) is 5.08. The third kappa shape index (κ3) is 3.35. The Morgan fingerprint density at radius 2 is 1.88 bits per heavy atom. The van der Waals surface area contributed by atoms with Crippen LogP contribution in [0.15, 0.2) is 29.6 Å². The van der Waals surface area contributed by atoms with E-state index in [4.69, 9.17) is 4.74 Å². The molecule has 0 spiro atoms. The summed E-state index contributed by atoms with van der Waals surface area (Å²) in [5, 5.41) is 1.83. The summed E-state index contributed by atoms with van der Waals surface area (Å²) >= 11 is 1.34. The molecule has 2 amide bonds. The Balaban J connectivity index is 2.04. The number of rotatable bonds is 4. The molecule has 0 saturated heterocycles. The molecule has 1 aliphatic rings. The molecule has 3 rings (SSSR count). The van der Waals surface area contributed by atoms with Gasteiger partial charge in [-0.2, -0.15) is 0 Å². The van der Waals surface area contributed by atoms with E-state index in [0.717, 1.165) is 11.1 Å². The van der Waals surface area contributed by atoms with Crippen LogP contribution in [0.5, 0.6) is 0 Å². The van der Waals surface area contributed by atoms with Crippen LogP contribution in [0.1, 0.15) is 27.7 Å². The lowest BCUT2D eigenvalue weighted by atomic mass is 10.0. The van der Waals surface area contributed by atoms with E-state index in [1.165, 1.54) is 21.1 Å². The Labute approximate surface area is 156 Å². The van der Waals surface area contributed by atoms with Crippen molar-refractivity contribution in [2.45, 2.75) is 20.8 Å². The Morgan fingerprint density at radius 3 is 2.50 bits per heavy atom. The zero-order valence-electron chi connectivity index (χ0n) is 14.9. The summed E-state index contributed by atoms with van der Waals surface area (Å²) in [6.07, 6.45) is 0. The van der Waals surface area contributed by atoms with Crippen molar-refractivity contribution >= 4 is 40.5 Å². The highest BCUT2D eigenvalue weighted by atomic mass is 32.1. The average Bonchev–Trinajstić information content (AvgIpc) is 3.13. The first-order valence-corrected chi connectivity index (χ1v) is 9.23. The van der Waals surface area contributed by atoms with Gasteiger partial charge in [0.1, 0.15) is 13.1 Å². The molecule has 26 heavy (non-hydrogen) atoms. The highest BCUT2D eigenvalue weighted by molar-refractivity contribution is 7.12. The van der Waals surface area contributed by atoms with Crippen molar-refractivity contribution in [1.82, 2.24) is 0 Å². The van der Waals surface area contributed by atoms with Gasteiger partial charge in [-0.05, 0) is 55.5 Å². The van der Waals surface area contributed by atoms with Gasteiger partial charge in [-0.3, -0.25) is 24.2 Å². The number of aryl methyl sites for hydroxylation is 2.